The molecule has 4 nitrogen and oxygen atoms in total. The smallest absolute Gasteiger partial charge is 0.0648 e. The van der Waals surface area contributed by atoms with E-state index in [-0.39, 0.29) is 0 Å². The molecule has 1 aromatic heterocycles. The molecule has 1 aliphatic carbocycles. The topological polar surface area (TPSA) is 24.3 Å². The highest BCUT2D eigenvalue weighted by atomic mass is 15.3. The summed E-state index contributed by atoms with van der Waals surface area (Å²) in [5, 5.41) is 4.54. The third kappa shape index (κ3) is 3.06. The van der Waals surface area contributed by atoms with E-state index in [1.54, 1.807) is 0 Å². The van der Waals surface area contributed by atoms with Gasteiger partial charge in [0.2, 0.25) is 0 Å². The Morgan fingerprint density at radius 3 is 2.70 bits per heavy atom. The number of nitrogens with zero attached hydrogens (tertiary/aromatic N) is 4. The van der Waals surface area contributed by atoms with Crippen molar-refractivity contribution in [1.82, 2.24) is 19.6 Å². The monoisotopic (exact) mass is 310 g/mol. The number of benzene rings is 1. The Morgan fingerprint density at radius 2 is 2.00 bits per heavy atom. The molecule has 0 amide bonds. The predicted molar refractivity (Wildman–Crippen MR) is 92.6 cm³/mol. The molecule has 1 aromatic carbocycles. The van der Waals surface area contributed by atoms with Crippen molar-refractivity contribution in [3.8, 4) is 5.69 Å². The maximum absolute atomic E-state index is 4.54. The van der Waals surface area contributed by atoms with Crippen molar-refractivity contribution in [2.24, 2.45) is 17.8 Å². The summed E-state index contributed by atoms with van der Waals surface area (Å²) in [6.45, 7) is 6.94. The molecule has 3 atom stereocenters. The van der Waals surface area contributed by atoms with Crippen molar-refractivity contribution in [2.45, 2.75) is 13.5 Å². The summed E-state index contributed by atoms with van der Waals surface area (Å²) < 4.78 is 1.99. The van der Waals surface area contributed by atoms with Gasteiger partial charge in [0.1, 0.15) is 0 Å². The Kier molecular flexibility index (Phi) is 3.74. The molecule has 2 aliphatic rings. The van der Waals surface area contributed by atoms with Gasteiger partial charge in [-0.25, -0.2) is 4.68 Å². The third-order valence-corrected chi connectivity index (χ3v) is 5.33. The molecule has 2 fully saturated rings. The Morgan fingerprint density at radius 1 is 1.22 bits per heavy atom. The van der Waals surface area contributed by atoms with Gasteiger partial charge in [-0.2, -0.15) is 5.10 Å². The van der Waals surface area contributed by atoms with Crippen LogP contribution in [-0.2, 0) is 6.54 Å². The molecular formula is C19H26N4. The first-order chi connectivity index (χ1) is 11.1. The summed E-state index contributed by atoms with van der Waals surface area (Å²) in [5.74, 6) is 2.81. The molecule has 1 aliphatic heterocycles. The SMILES string of the molecule is Cc1cccc(-n2cc(CN3C[C@@H]4C(CN(C)C)[C@@H]4C3)cn2)c1. The molecule has 0 bridgehead atoms. The number of hydrogen-bond donors (Lipinski definition) is 0. The van der Waals surface area contributed by atoms with Crippen LogP contribution in [0.2, 0.25) is 0 Å². The lowest BCUT2D eigenvalue weighted by Gasteiger charge is -2.19. The van der Waals surface area contributed by atoms with Crippen molar-refractivity contribution < 1.29 is 0 Å². The summed E-state index contributed by atoms with van der Waals surface area (Å²) in [7, 11) is 4.37. The predicted octanol–water partition coefficient (Wildman–Crippen LogP) is 2.42. The molecule has 0 spiro atoms. The van der Waals surface area contributed by atoms with Gasteiger partial charge in [0.05, 0.1) is 11.9 Å². The van der Waals surface area contributed by atoms with Crippen LogP contribution >= 0.6 is 0 Å². The lowest BCUT2D eigenvalue weighted by atomic mass is 10.2. The van der Waals surface area contributed by atoms with Gasteiger partial charge in [0, 0.05) is 37.9 Å². The van der Waals surface area contributed by atoms with Gasteiger partial charge in [-0.1, -0.05) is 12.1 Å². The molecule has 4 heteroatoms. The van der Waals surface area contributed by atoms with Crippen LogP contribution in [0, 0.1) is 24.7 Å². The zero-order valence-electron chi connectivity index (χ0n) is 14.3. The van der Waals surface area contributed by atoms with Crippen LogP contribution in [0.25, 0.3) is 5.69 Å². The number of likely N-dealkylation sites (tertiary alicyclic amines) is 1. The molecule has 122 valence electrons. The van der Waals surface area contributed by atoms with Crippen molar-refractivity contribution in [3.05, 3.63) is 47.8 Å². The first-order valence-corrected chi connectivity index (χ1v) is 8.58. The quantitative estimate of drug-likeness (QED) is 0.848. The minimum absolute atomic E-state index is 0.934. The number of piperidine rings is 1. The van der Waals surface area contributed by atoms with E-state index in [4.69, 9.17) is 0 Å². The van der Waals surface area contributed by atoms with E-state index in [2.05, 4.69) is 66.4 Å². The molecule has 1 unspecified atom stereocenters. The molecule has 2 heterocycles. The first kappa shape index (κ1) is 14.9. The van der Waals surface area contributed by atoms with Crippen molar-refractivity contribution in [2.75, 3.05) is 33.7 Å². The van der Waals surface area contributed by atoms with Crippen LogP contribution < -0.4 is 0 Å². The van der Waals surface area contributed by atoms with Crippen LogP contribution in [-0.4, -0.2) is 53.3 Å². The molecular weight excluding hydrogens is 284 g/mol. The minimum Gasteiger partial charge on any atom is -0.309 e. The van der Waals surface area contributed by atoms with Crippen LogP contribution in [0.1, 0.15) is 11.1 Å². The van der Waals surface area contributed by atoms with Gasteiger partial charge < -0.3 is 4.90 Å². The molecule has 2 aromatic rings. The molecule has 0 radical (unpaired) electrons. The van der Waals surface area contributed by atoms with E-state index < -0.39 is 0 Å². The first-order valence-electron chi connectivity index (χ1n) is 8.58. The molecule has 0 N–H and O–H groups in total. The zero-order chi connectivity index (χ0) is 16.0. The fraction of sp³-hybridized carbons (Fsp3) is 0.526. The van der Waals surface area contributed by atoms with Crippen LogP contribution in [0.3, 0.4) is 0 Å². The summed E-state index contributed by atoms with van der Waals surface area (Å²) in [5.41, 5.74) is 3.73. The van der Waals surface area contributed by atoms with E-state index in [1.165, 1.54) is 30.8 Å². The number of hydrogen-bond acceptors (Lipinski definition) is 3. The third-order valence-electron chi connectivity index (χ3n) is 5.33. The highest BCUT2D eigenvalue weighted by molar-refractivity contribution is 5.35. The van der Waals surface area contributed by atoms with E-state index >= 15 is 0 Å². The fourth-order valence-corrected chi connectivity index (χ4v) is 4.17. The van der Waals surface area contributed by atoms with Crippen molar-refractivity contribution in [3.63, 3.8) is 0 Å². The van der Waals surface area contributed by atoms with Gasteiger partial charge in [-0.05, 0) is 56.5 Å². The largest absolute Gasteiger partial charge is 0.309 e. The Balaban J connectivity index is 1.35. The number of fused-ring (bicyclic) bond motifs is 1. The van der Waals surface area contributed by atoms with Crippen LogP contribution in [0.5, 0.6) is 0 Å². The summed E-state index contributed by atoms with van der Waals surface area (Å²) in [6, 6.07) is 8.49. The van der Waals surface area contributed by atoms with E-state index in [9.17, 15) is 0 Å². The maximum Gasteiger partial charge on any atom is 0.0648 e. The molecule has 4 rings (SSSR count). The van der Waals surface area contributed by atoms with E-state index in [0.717, 1.165) is 30.0 Å². The standard InChI is InChI=1S/C19H26N4/c1-14-5-4-6-16(7-14)23-10-15(8-20-23)9-22-12-18-17(11-21(2)3)19(18)13-22/h4-8,10,17-19H,9,11-13H2,1-3H3/t17?,18-,19+. The summed E-state index contributed by atoms with van der Waals surface area (Å²) >= 11 is 0. The highest BCUT2D eigenvalue weighted by Gasteiger charge is 2.55. The van der Waals surface area contributed by atoms with Gasteiger partial charge in [-0.15, -0.1) is 0 Å². The second-order valence-corrected chi connectivity index (χ2v) is 7.58. The second-order valence-electron chi connectivity index (χ2n) is 7.58. The van der Waals surface area contributed by atoms with Crippen molar-refractivity contribution in [1.29, 1.82) is 0 Å². The van der Waals surface area contributed by atoms with Crippen molar-refractivity contribution >= 4 is 0 Å². The van der Waals surface area contributed by atoms with Gasteiger partial charge in [0.25, 0.3) is 0 Å². The maximum atomic E-state index is 4.54. The van der Waals surface area contributed by atoms with E-state index in [0.29, 0.717) is 0 Å². The number of rotatable bonds is 5. The second kappa shape index (κ2) is 5.77. The Hall–Kier alpha value is -1.65. The highest BCUT2D eigenvalue weighted by Crippen LogP contribution is 2.52. The average molecular weight is 310 g/mol. The fourth-order valence-electron chi connectivity index (χ4n) is 4.17. The lowest BCUT2D eigenvalue weighted by molar-refractivity contribution is 0.258. The average Bonchev–Trinajstić information content (AvgIpc) is 2.92. The lowest BCUT2D eigenvalue weighted by Crippen LogP contribution is -2.27. The number of aryl methyl sites for hydroxylation is 1. The van der Waals surface area contributed by atoms with Crippen LogP contribution in [0.4, 0.5) is 0 Å². The Bertz CT molecular complexity index is 678. The number of aromatic nitrogens is 2. The minimum atomic E-state index is 0.934. The summed E-state index contributed by atoms with van der Waals surface area (Å²) in [4.78, 5) is 4.93. The van der Waals surface area contributed by atoms with Crippen LogP contribution in [0.15, 0.2) is 36.7 Å². The Labute approximate surface area is 138 Å². The molecule has 23 heavy (non-hydrogen) atoms. The molecule has 1 saturated carbocycles. The zero-order valence-corrected chi connectivity index (χ0v) is 14.3. The van der Waals surface area contributed by atoms with Gasteiger partial charge in [-0.3, -0.25) is 4.90 Å². The van der Waals surface area contributed by atoms with Gasteiger partial charge >= 0.3 is 0 Å². The molecule has 1 saturated heterocycles. The van der Waals surface area contributed by atoms with Gasteiger partial charge in [0.15, 0.2) is 0 Å². The normalized spacial score (nSPS) is 26.7. The summed E-state index contributed by atoms with van der Waals surface area (Å²) in [6.07, 6.45) is 4.19. The van der Waals surface area contributed by atoms with E-state index in [1.807, 2.05) is 10.9 Å².